The van der Waals surface area contributed by atoms with E-state index in [4.69, 9.17) is 5.73 Å². The second kappa shape index (κ2) is 17.6. The van der Waals surface area contributed by atoms with Crippen LogP contribution >= 0.6 is 0 Å². The number of amides is 6. The summed E-state index contributed by atoms with van der Waals surface area (Å²) in [5.41, 5.74) is 8.99. The average molecular weight is 866 g/mol. The number of nitrogens with zero attached hydrogens (tertiary/aromatic N) is 10. The molecule has 6 N–H and O–H groups in total. The Morgan fingerprint density at radius 2 is 1.67 bits per heavy atom. The summed E-state index contributed by atoms with van der Waals surface area (Å²) in [6.07, 6.45) is 5.69. The summed E-state index contributed by atoms with van der Waals surface area (Å²) in [4.78, 5) is 86.6. The number of carbonyl (C=O) groups excluding carboxylic acids is 5. The van der Waals surface area contributed by atoms with Gasteiger partial charge in [-0.05, 0) is 68.4 Å². The van der Waals surface area contributed by atoms with E-state index in [1.807, 2.05) is 15.9 Å². The van der Waals surface area contributed by atoms with Gasteiger partial charge in [-0.1, -0.05) is 0 Å². The van der Waals surface area contributed by atoms with Crippen LogP contribution in [-0.4, -0.2) is 161 Å². The van der Waals surface area contributed by atoms with Crippen molar-refractivity contribution in [2.24, 2.45) is 11.7 Å². The fraction of sp³-hybridized carbons (Fsp3) is 0.500. The molecule has 0 spiro atoms. The molecule has 5 aliphatic heterocycles. The van der Waals surface area contributed by atoms with Gasteiger partial charge in [0.2, 0.25) is 17.8 Å². The number of likely N-dealkylation sites (N-methyl/N-ethyl adjacent to an activating group) is 1. The van der Waals surface area contributed by atoms with Crippen LogP contribution in [-0.2, 0) is 9.59 Å². The standard InChI is InChI=1S/C42H52FN15O5/c1-53-15-20-58(42(53)63)27-3-2-12-57(23-27)41-50-38(36(37(44)60)51-52-41)47-26-4-7-31(29(43)21-26)56-18-16-54(17-19-56)22-25-10-13-55(14-11-25)32-8-5-28(34-35(32)46-24-45-34)39(61)48-30-6-9-33(59)49-40(30)62/h4-5,7-8,21,24-25,27,30H,2-3,6,9-20,22-23H2,1H3,(H2,44,60)(H,45,46)(H,48,61)(H,47,50,52)(H,49,59,62). The van der Waals surface area contributed by atoms with Crippen molar-refractivity contribution in [1.29, 1.82) is 0 Å². The van der Waals surface area contributed by atoms with Crippen LogP contribution in [0.15, 0.2) is 36.7 Å². The third-order valence-corrected chi connectivity index (χ3v) is 13.0. The van der Waals surface area contributed by atoms with Crippen molar-refractivity contribution < 1.29 is 28.4 Å². The number of piperidine rings is 3. The maximum atomic E-state index is 15.8. The third-order valence-electron chi connectivity index (χ3n) is 13.0. The van der Waals surface area contributed by atoms with Gasteiger partial charge in [-0.2, -0.15) is 4.98 Å². The highest BCUT2D eigenvalue weighted by Gasteiger charge is 2.36. The Hall–Kier alpha value is -6.64. The van der Waals surface area contributed by atoms with E-state index < -0.39 is 29.6 Å². The summed E-state index contributed by atoms with van der Waals surface area (Å²) in [6, 6.07) is 7.77. The van der Waals surface area contributed by atoms with Crippen molar-refractivity contribution in [3.63, 3.8) is 0 Å². The van der Waals surface area contributed by atoms with Gasteiger partial charge in [0.05, 0.1) is 34.8 Å². The molecule has 9 rings (SSSR count). The lowest BCUT2D eigenvalue weighted by Crippen LogP contribution is -2.52. The Morgan fingerprint density at radius 1 is 0.889 bits per heavy atom. The van der Waals surface area contributed by atoms with Crippen LogP contribution in [0.5, 0.6) is 0 Å². The fourth-order valence-corrected chi connectivity index (χ4v) is 9.51. The molecule has 20 nitrogen and oxygen atoms in total. The molecule has 21 heteroatoms. The minimum atomic E-state index is -0.814. The number of halogens is 1. The first kappa shape index (κ1) is 41.7. The zero-order chi connectivity index (χ0) is 43.8. The van der Waals surface area contributed by atoms with Gasteiger partial charge in [-0.3, -0.25) is 29.4 Å². The molecule has 4 aromatic rings. The van der Waals surface area contributed by atoms with E-state index in [2.05, 4.69) is 55.8 Å². The number of imide groups is 1. The molecular formula is C42H52FN15O5. The number of hydrogen-bond acceptors (Lipinski definition) is 14. The number of urea groups is 1. The average Bonchev–Trinajstić information content (AvgIpc) is 3.91. The van der Waals surface area contributed by atoms with E-state index in [0.717, 1.165) is 69.6 Å². The van der Waals surface area contributed by atoms with Crippen molar-refractivity contribution in [1.82, 2.24) is 50.5 Å². The molecule has 7 heterocycles. The smallest absolute Gasteiger partial charge is 0.320 e. The number of piperazine rings is 1. The van der Waals surface area contributed by atoms with Crippen LogP contribution in [0.2, 0.25) is 0 Å². The van der Waals surface area contributed by atoms with Gasteiger partial charge in [0.15, 0.2) is 11.5 Å². The lowest BCUT2D eigenvalue weighted by molar-refractivity contribution is -0.134. The van der Waals surface area contributed by atoms with Gasteiger partial charge in [-0.15, -0.1) is 10.2 Å². The van der Waals surface area contributed by atoms with Crippen molar-refractivity contribution >= 4 is 69.5 Å². The molecule has 2 unspecified atom stereocenters. The Morgan fingerprint density at radius 3 is 2.40 bits per heavy atom. The van der Waals surface area contributed by atoms with Crippen LogP contribution in [0.25, 0.3) is 11.0 Å². The molecule has 332 valence electrons. The Balaban J connectivity index is 0.769. The molecule has 0 saturated carbocycles. The molecule has 2 atom stereocenters. The van der Waals surface area contributed by atoms with E-state index in [9.17, 15) is 24.0 Å². The lowest BCUT2D eigenvalue weighted by atomic mass is 9.95. The number of nitrogens with two attached hydrogens (primary N) is 1. The van der Waals surface area contributed by atoms with Gasteiger partial charge in [0, 0.05) is 91.1 Å². The summed E-state index contributed by atoms with van der Waals surface area (Å²) >= 11 is 0. The van der Waals surface area contributed by atoms with Gasteiger partial charge < -0.3 is 45.9 Å². The van der Waals surface area contributed by atoms with Gasteiger partial charge >= 0.3 is 6.03 Å². The predicted molar refractivity (Wildman–Crippen MR) is 231 cm³/mol. The zero-order valence-electron chi connectivity index (χ0n) is 35.2. The fourth-order valence-electron chi connectivity index (χ4n) is 9.51. The summed E-state index contributed by atoms with van der Waals surface area (Å²) in [5.74, 6) is -1.59. The van der Waals surface area contributed by atoms with Crippen molar-refractivity contribution in [2.45, 2.75) is 50.6 Å². The normalized spacial score (nSPS) is 21.6. The molecule has 0 radical (unpaired) electrons. The summed E-state index contributed by atoms with van der Waals surface area (Å²) in [6.45, 7) is 8.12. The lowest BCUT2D eigenvalue weighted by Gasteiger charge is -2.40. The SMILES string of the molecule is CN1CCN(C2CCCN(c3nnc(C(N)=O)c(Nc4ccc(N5CCN(CC6CCN(c7ccc(C(=O)NC8CCC(=O)NC8=O)c8nc[nH]c78)CC6)CC5)c(F)c4)n3)C2)C1=O. The monoisotopic (exact) mass is 865 g/mol. The number of imidazole rings is 1. The van der Waals surface area contributed by atoms with Crippen LogP contribution < -0.4 is 36.4 Å². The van der Waals surface area contributed by atoms with Gasteiger partial charge in [-0.25, -0.2) is 14.2 Å². The van der Waals surface area contributed by atoms with Crippen LogP contribution in [0.4, 0.5) is 38.0 Å². The number of aromatic nitrogens is 5. The minimum absolute atomic E-state index is 0.000955. The first-order valence-corrected chi connectivity index (χ1v) is 21.7. The first-order valence-electron chi connectivity index (χ1n) is 21.7. The largest absolute Gasteiger partial charge is 0.370 e. The summed E-state index contributed by atoms with van der Waals surface area (Å²) < 4.78 is 15.8. The Labute approximate surface area is 362 Å². The Kier molecular flexibility index (Phi) is 11.7. The number of carbonyl (C=O) groups is 5. The molecule has 63 heavy (non-hydrogen) atoms. The number of primary amides is 1. The number of nitrogens with one attached hydrogen (secondary N) is 4. The van der Waals surface area contributed by atoms with Crippen LogP contribution in [0.1, 0.15) is 59.4 Å². The van der Waals surface area contributed by atoms with Crippen molar-refractivity contribution in [2.75, 3.05) is 99.1 Å². The number of benzene rings is 2. The van der Waals surface area contributed by atoms with E-state index in [-0.39, 0.29) is 42.3 Å². The third kappa shape index (κ3) is 8.73. The maximum Gasteiger partial charge on any atom is 0.320 e. The predicted octanol–water partition coefficient (Wildman–Crippen LogP) is 1.64. The molecule has 0 aliphatic carbocycles. The highest BCUT2D eigenvalue weighted by atomic mass is 19.1. The van der Waals surface area contributed by atoms with Crippen LogP contribution in [0, 0.1) is 11.7 Å². The number of H-pyrrole nitrogens is 1. The van der Waals surface area contributed by atoms with E-state index >= 15 is 4.39 Å². The molecular weight excluding hydrogens is 814 g/mol. The quantitative estimate of drug-likeness (QED) is 0.135. The molecule has 5 aliphatic rings. The van der Waals surface area contributed by atoms with E-state index in [1.165, 1.54) is 6.07 Å². The van der Waals surface area contributed by atoms with E-state index in [0.29, 0.717) is 73.6 Å². The number of rotatable bonds is 11. The second-order valence-electron chi connectivity index (χ2n) is 17.1. The maximum absolute atomic E-state index is 15.8. The highest BCUT2D eigenvalue weighted by Crippen LogP contribution is 2.32. The first-order chi connectivity index (χ1) is 30.5. The van der Waals surface area contributed by atoms with E-state index in [1.54, 1.807) is 36.5 Å². The summed E-state index contributed by atoms with van der Waals surface area (Å²) in [5, 5.41) is 16.4. The zero-order valence-corrected chi connectivity index (χ0v) is 35.2. The topological polar surface area (TPSA) is 234 Å². The van der Waals surface area contributed by atoms with Gasteiger partial charge in [0.25, 0.3) is 11.8 Å². The second-order valence-corrected chi connectivity index (χ2v) is 17.1. The number of hydrogen-bond donors (Lipinski definition) is 5. The molecule has 5 fully saturated rings. The molecule has 0 bridgehead atoms. The molecule has 5 saturated heterocycles. The van der Waals surface area contributed by atoms with Gasteiger partial charge in [0.1, 0.15) is 17.4 Å². The van der Waals surface area contributed by atoms with Crippen molar-refractivity contribution in [3.8, 4) is 0 Å². The Bertz CT molecular complexity index is 2420. The number of anilines is 5. The highest BCUT2D eigenvalue weighted by molar-refractivity contribution is 6.10. The molecule has 6 amide bonds. The summed E-state index contributed by atoms with van der Waals surface area (Å²) in [7, 11) is 1.80. The van der Waals surface area contributed by atoms with Crippen LogP contribution in [0.3, 0.4) is 0 Å². The minimum Gasteiger partial charge on any atom is -0.370 e. The number of aromatic amines is 1. The molecule has 2 aromatic carbocycles. The van der Waals surface area contributed by atoms with Crippen molar-refractivity contribution in [3.05, 3.63) is 53.7 Å². The number of fused-ring (bicyclic) bond motifs is 1. The molecule has 2 aromatic heterocycles.